The lowest BCUT2D eigenvalue weighted by atomic mass is 10.2. The van der Waals surface area contributed by atoms with Crippen LogP contribution >= 0.6 is 11.3 Å². The second kappa shape index (κ2) is 7.11. The average Bonchev–Trinajstić information content (AvgIpc) is 3.02. The molecule has 3 aromatic heterocycles. The molecule has 0 unspecified atom stereocenters. The minimum Gasteiger partial charge on any atom is -0.287 e. The molecule has 3 nitrogen and oxygen atoms in total. The van der Waals surface area contributed by atoms with Crippen LogP contribution < -0.4 is 0 Å². The van der Waals surface area contributed by atoms with Crippen molar-refractivity contribution in [2.75, 3.05) is 0 Å². The van der Waals surface area contributed by atoms with Crippen molar-refractivity contribution in [3.8, 4) is 0 Å². The van der Waals surface area contributed by atoms with Crippen molar-refractivity contribution >= 4 is 11.3 Å². The van der Waals surface area contributed by atoms with Gasteiger partial charge in [-0.1, -0.05) is 18.2 Å². The van der Waals surface area contributed by atoms with Gasteiger partial charge in [0.15, 0.2) is 0 Å². The van der Waals surface area contributed by atoms with Gasteiger partial charge in [0.2, 0.25) is 0 Å². The highest BCUT2D eigenvalue weighted by Gasteiger charge is 2.10. The Kier molecular flexibility index (Phi) is 4.71. The first-order chi connectivity index (χ1) is 10.4. The third kappa shape index (κ3) is 4.21. The summed E-state index contributed by atoms with van der Waals surface area (Å²) in [5.41, 5.74) is 2.18. The summed E-state index contributed by atoms with van der Waals surface area (Å²) in [6.45, 7) is 2.58. The van der Waals surface area contributed by atoms with Gasteiger partial charge < -0.3 is 0 Å². The first-order valence-corrected chi connectivity index (χ1v) is 7.83. The number of thiophene rings is 1. The number of hydrogen-bond donors (Lipinski definition) is 0. The Balaban J connectivity index is 1.74. The highest BCUT2D eigenvalue weighted by atomic mass is 32.1. The highest BCUT2D eigenvalue weighted by molar-refractivity contribution is 7.09. The van der Waals surface area contributed by atoms with Gasteiger partial charge >= 0.3 is 0 Å². The lowest BCUT2D eigenvalue weighted by molar-refractivity contribution is 0.244. The van der Waals surface area contributed by atoms with Crippen LogP contribution in [0, 0.1) is 0 Å². The second-order valence-electron chi connectivity index (χ2n) is 4.87. The number of hydrogen-bond acceptors (Lipinski definition) is 4. The van der Waals surface area contributed by atoms with Crippen molar-refractivity contribution in [1.29, 1.82) is 0 Å². The summed E-state index contributed by atoms with van der Waals surface area (Å²) in [6, 6.07) is 16.4. The lowest BCUT2D eigenvalue weighted by Gasteiger charge is -2.21. The van der Waals surface area contributed by atoms with Gasteiger partial charge in [0.1, 0.15) is 0 Å². The van der Waals surface area contributed by atoms with Gasteiger partial charge in [-0.25, -0.2) is 0 Å². The van der Waals surface area contributed by atoms with Gasteiger partial charge in [-0.05, 0) is 35.7 Å². The maximum absolute atomic E-state index is 4.43. The van der Waals surface area contributed by atoms with Crippen molar-refractivity contribution in [3.63, 3.8) is 0 Å². The standard InChI is InChI=1S/C17H17N3S/c1-3-9-18-15(6-1)12-20(14-17-8-5-11-21-17)13-16-7-2-4-10-19-16/h1-11H,12-14H2. The van der Waals surface area contributed by atoms with Crippen molar-refractivity contribution in [3.05, 3.63) is 82.6 Å². The SMILES string of the molecule is c1ccc(CN(Cc2ccccn2)Cc2cccs2)nc1. The van der Waals surface area contributed by atoms with E-state index in [9.17, 15) is 0 Å². The predicted octanol–water partition coefficient (Wildman–Crippen LogP) is 3.74. The van der Waals surface area contributed by atoms with Crippen molar-refractivity contribution in [1.82, 2.24) is 14.9 Å². The van der Waals surface area contributed by atoms with Gasteiger partial charge in [0, 0.05) is 36.9 Å². The van der Waals surface area contributed by atoms with E-state index in [1.165, 1.54) is 4.88 Å². The summed E-state index contributed by atoms with van der Waals surface area (Å²) in [4.78, 5) is 12.6. The number of pyridine rings is 2. The molecule has 3 rings (SSSR count). The maximum Gasteiger partial charge on any atom is 0.0544 e. The predicted molar refractivity (Wildman–Crippen MR) is 85.7 cm³/mol. The van der Waals surface area contributed by atoms with E-state index in [1.54, 1.807) is 11.3 Å². The zero-order valence-corrected chi connectivity index (χ0v) is 12.5. The summed E-state index contributed by atoms with van der Waals surface area (Å²) in [5.74, 6) is 0. The van der Waals surface area contributed by atoms with Crippen LogP contribution in [0.5, 0.6) is 0 Å². The summed E-state index contributed by atoms with van der Waals surface area (Å²) in [6.07, 6.45) is 3.69. The molecule has 0 aliphatic carbocycles. The molecule has 21 heavy (non-hydrogen) atoms. The molecule has 3 heterocycles. The molecule has 0 aliphatic heterocycles. The molecule has 0 saturated carbocycles. The summed E-state index contributed by atoms with van der Waals surface area (Å²) in [5, 5.41) is 2.12. The molecule has 4 heteroatoms. The molecule has 106 valence electrons. The Morgan fingerprint density at radius 3 is 1.90 bits per heavy atom. The van der Waals surface area contributed by atoms with Crippen LogP contribution in [0.25, 0.3) is 0 Å². The number of nitrogens with zero attached hydrogens (tertiary/aromatic N) is 3. The zero-order chi connectivity index (χ0) is 14.3. The number of rotatable bonds is 6. The topological polar surface area (TPSA) is 29.0 Å². The normalized spacial score (nSPS) is 10.9. The van der Waals surface area contributed by atoms with Crippen molar-refractivity contribution in [2.45, 2.75) is 19.6 Å². The molecule has 0 aliphatic rings. The summed E-state index contributed by atoms with van der Waals surface area (Å²) >= 11 is 1.79. The van der Waals surface area contributed by atoms with Gasteiger partial charge in [-0.15, -0.1) is 11.3 Å². The Labute approximate surface area is 128 Å². The van der Waals surface area contributed by atoms with Crippen LogP contribution in [0.4, 0.5) is 0 Å². The largest absolute Gasteiger partial charge is 0.287 e. The molecule has 0 bridgehead atoms. The van der Waals surface area contributed by atoms with Gasteiger partial charge in [-0.2, -0.15) is 0 Å². The Morgan fingerprint density at radius 2 is 1.43 bits per heavy atom. The van der Waals surface area contributed by atoms with Crippen LogP contribution in [0.15, 0.2) is 66.3 Å². The molecule has 0 N–H and O–H groups in total. The molecule has 0 spiro atoms. The second-order valence-corrected chi connectivity index (χ2v) is 5.90. The van der Waals surface area contributed by atoms with E-state index < -0.39 is 0 Å². The van der Waals surface area contributed by atoms with Crippen molar-refractivity contribution in [2.24, 2.45) is 0 Å². The van der Waals surface area contributed by atoms with Gasteiger partial charge in [0.05, 0.1) is 11.4 Å². The fourth-order valence-electron chi connectivity index (χ4n) is 2.23. The monoisotopic (exact) mass is 295 g/mol. The summed E-state index contributed by atoms with van der Waals surface area (Å²) in [7, 11) is 0. The van der Waals surface area contributed by atoms with Gasteiger partial charge in [-0.3, -0.25) is 14.9 Å². The molecule has 3 aromatic rings. The Bertz CT molecular complexity index is 597. The third-order valence-electron chi connectivity index (χ3n) is 3.18. The van der Waals surface area contributed by atoms with E-state index in [-0.39, 0.29) is 0 Å². The van der Waals surface area contributed by atoms with E-state index in [4.69, 9.17) is 0 Å². The van der Waals surface area contributed by atoms with E-state index in [0.717, 1.165) is 31.0 Å². The van der Waals surface area contributed by atoms with Crippen LogP contribution in [0.2, 0.25) is 0 Å². The fraction of sp³-hybridized carbons (Fsp3) is 0.176. The molecular weight excluding hydrogens is 278 g/mol. The van der Waals surface area contributed by atoms with Gasteiger partial charge in [0.25, 0.3) is 0 Å². The Morgan fingerprint density at radius 1 is 0.762 bits per heavy atom. The van der Waals surface area contributed by atoms with Crippen molar-refractivity contribution < 1.29 is 0 Å². The van der Waals surface area contributed by atoms with E-state index in [0.29, 0.717) is 0 Å². The number of aromatic nitrogens is 2. The molecule has 0 radical (unpaired) electrons. The van der Waals surface area contributed by atoms with Crippen LogP contribution in [0.1, 0.15) is 16.3 Å². The highest BCUT2D eigenvalue weighted by Crippen LogP contribution is 2.15. The van der Waals surface area contributed by atoms with Crippen LogP contribution in [-0.4, -0.2) is 14.9 Å². The average molecular weight is 295 g/mol. The minimum atomic E-state index is 0.829. The quantitative estimate of drug-likeness (QED) is 0.693. The van der Waals surface area contributed by atoms with E-state index >= 15 is 0 Å². The molecule has 0 saturated heterocycles. The summed E-state index contributed by atoms with van der Waals surface area (Å²) < 4.78 is 0. The Hall–Kier alpha value is -2.04. The maximum atomic E-state index is 4.43. The third-order valence-corrected chi connectivity index (χ3v) is 4.04. The molecule has 0 aromatic carbocycles. The molecule has 0 amide bonds. The smallest absolute Gasteiger partial charge is 0.0544 e. The lowest BCUT2D eigenvalue weighted by Crippen LogP contribution is -2.23. The van der Waals surface area contributed by atoms with Crippen LogP contribution in [0.3, 0.4) is 0 Å². The minimum absolute atomic E-state index is 0.829. The zero-order valence-electron chi connectivity index (χ0n) is 11.7. The molecular formula is C17H17N3S. The molecule has 0 atom stereocenters. The molecule has 0 fully saturated rings. The van der Waals surface area contributed by atoms with E-state index in [1.807, 2.05) is 36.7 Å². The van der Waals surface area contributed by atoms with E-state index in [2.05, 4.69) is 44.5 Å². The van der Waals surface area contributed by atoms with Crippen LogP contribution in [-0.2, 0) is 19.6 Å². The first-order valence-electron chi connectivity index (χ1n) is 6.95. The fourth-order valence-corrected chi connectivity index (χ4v) is 2.98. The first kappa shape index (κ1) is 13.9.